The van der Waals surface area contributed by atoms with Crippen molar-refractivity contribution in [2.24, 2.45) is 0 Å². The van der Waals surface area contributed by atoms with E-state index in [2.05, 4.69) is 31.2 Å². The summed E-state index contributed by atoms with van der Waals surface area (Å²) in [5, 5.41) is 11.4. The van der Waals surface area contributed by atoms with Crippen LogP contribution in [0.15, 0.2) is 29.0 Å². The lowest BCUT2D eigenvalue weighted by Crippen LogP contribution is -2.18. The Bertz CT molecular complexity index is 742. The van der Waals surface area contributed by atoms with E-state index in [1.54, 1.807) is 12.1 Å². The number of carbonyl (C=O) groups is 1. The Morgan fingerprint density at radius 2 is 2.16 bits per heavy atom. The standard InChI is InChI=1S/C16H19BrN4O4/c1-10-3-2-4-11(14(10)25-8-7-24-6-5-22)20-16(23)13-15(18)19-9-12(17)21-13/h2-4,9,22H,5-8H2,1H3,(H2,18,19)(H,20,23). The third kappa shape index (κ3) is 5.38. The molecule has 134 valence electrons. The Labute approximate surface area is 153 Å². The molecule has 1 amide bonds. The lowest BCUT2D eigenvalue weighted by Gasteiger charge is -2.15. The number of nitrogens with zero attached hydrogens (tertiary/aromatic N) is 2. The first-order valence-electron chi connectivity index (χ1n) is 7.53. The summed E-state index contributed by atoms with van der Waals surface area (Å²) in [6.45, 7) is 2.69. The van der Waals surface area contributed by atoms with Crippen LogP contribution >= 0.6 is 15.9 Å². The normalized spacial score (nSPS) is 10.5. The van der Waals surface area contributed by atoms with E-state index >= 15 is 0 Å². The molecular formula is C16H19BrN4O4. The van der Waals surface area contributed by atoms with E-state index in [9.17, 15) is 4.79 Å². The fraction of sp³-hybridized carbons (Fsp3) is 0.312. The topological polar surface area (TPSA) is 120 Å². The van der Waals surface area contributed by atoms with Crippen LogP contribution in [0.4, 0.5) is 11.5 Å². The summed E-state index contributed by atoms with van der Waals surface area (Å²) < 4.78 is 11.3. The number of nitrogens with two attached hydrogens (primary N) is 1. The second kappa shape index (κ2) is 9.30. The summed E-state index contributed by atoms with van der Waals surface area (Å²) in [5.74, 6) is 0.0801. The summed E-state index contributed by atoms with van der Waals surface area (Å²) in [5.41, 5.74) is 7.09. The zero-order chi connectivity index (χ0) is 18.2. The van der Waals surface area contributed by atoms with Crippen LogP contribution in [-0.4, -0.2) is 47.4 Å². The van der Waals surface area contributed by atoms with E-state index in [1.165, 1.54) is 6.20 Å². The van der Waals surface area contributed by atoms with Gasteiger partial charge in [-0.05, 0) is 34.5 Å². The molecule has 0 aliphatic carbocycles. The number of aliphatic hydroxyl groups is 1. The zero-order valence-electron chi connectivity index (χ0n) is 13.7. The van der Waals surface area contributed by atoms with Gasteiger partial charge in [0, 0.05) is 0 Å². The van der Waals surface area contributed by atoms with Gasteiger partial charge in [-0.3, -0.25) is 4.79 Å². The van der Waals surface area contributed by atoms with Crippen molar-refractivity contribution in [1.29, 1.82) is 0 Å². The van der Waals surface area contributed by atoms with E-state index in [0.29, 0.717) is 22.6 Å². The average Bonchev–Trinajstić information content (AvgIpc) is 2.59. The Morgan fingerprint density at radius 3 is 2.92 bits per heavy atom. The van der Waals surface area contributed by atoms with E-state index in [1.807, 2.05) is 13.0 Å². The Kier molecular flexibility index (Phi) is 7.11. The molecule has 0 saturated heterocycles. The molecular weight excluding hydrogens is 392 g/mol. The maximum atomic E-state index is 12.4. The van der Waals surface area contributed by atoms with Crippen molar-refractivity contribution in [2.45, 2.75) is 6.92 Å². The quantitative estimate of drug-likeness (QED) is 0.567. The molecule has 9 heteroatoms. The highest BCUT2D eigenvalue weighted by molar-refractivity contribution is 9.10. The number of halogens is 1. The van der Waals surface area contributed by atoms with E-state index in [-0.39, 0.29) is 31.3 Å². The van der Waals surface area contributed by atoms with Crippen LogP contribution in [0.25, 0.3) is 0 Å². The molecule has 1 aromatic carbocycles. The van der Waals surface area contributed by atoms with Gasteiger partial charge in [-0.2, -0.15) is 0 Å². The van der Waals surface area contributed by atoms with Gasteiger partial charge in [0.2, 0.25) is 0 Å². The van der Waals surface area contributed by atoms with Gasteiger partial charge in [0.05, 0.1) is 31.7 Å². The maximum Gasteiger partial charge on any atom is 0.278 e. The minimum atomic E-state index is -0.488. The summed E-state index contributed by atoms with van der Waals surface area (Å²) in [4.78, 5) is 20.4. The number of rotatable bonds is 8. The largest absolute Gasteiger partial charge is 0.489 e. The number of hydrogen-bond acceptors (Lipinski definition) is 7. The highest BCUT2D eigenvalue weighted by Gasteiger charge is 2.16. The highest BCUT2D eigenvalue weighted by atomic mass is 79.9. The Morgan fingerprint density at radius 1 is 1.36 bits per heavy atom. The molecule has 8 nitrogen and oxygen atoms in total. The van der Waals surface area contributed by atoms with Crippen LogP contribution in [0.2, 0.25) is 0 Å². The molecule has 1 aromatic heterocycles. The first-order chi connectivity index (χ1) is 12.0. The number of aryl methyl sites for hydroxylation is 1. The third-order valence-corrected chi connectivity index (χ3v) is 3.54. The number of aromatic nitrogens is 2. The number of aliphatic hydroxyl groups excluding tert-OH is 1. The van der Waals surface area contributed by atoms with E-state index < -0.39 is 5.91 Å². The SMILES string of the molecule is Cc1cccc(NC(=O)c2nc(Br)cnc2N)c1OCCOCCO. The average molecular weight is 411 g/mol. The van der Waals surface area contributed by atoms with Crippen LogP contribution in [0, 0.1) is 6.92 Å². The molecule has 0 aliphatic heterocycles. The predicted octanol–water partition coefficient (Wildman–Crippen LogP) is 1.77. The number of hydrogen-bond donors (Lipinski definition) is 3. The lowest BCUT2D eigenvalue weighted by molar-refractivity contribution is 0.0705. The maximum absolute atomic E-state index is 12.4. The molecule has 0 unspecified atom stereocenters. The van der Waals surface area contributed by atoms with Gasteiger partial charge in [-0.15, -0.1) is 0 Å². The minimum Gasteiger partial charge on any atom is -0.489 e. The smallest absolute Gasteiger partial charge is 0.278 e. The lowest BCUT2D eigenvalue weighted by atomic mass is 10.2. The van der Waals surface area contributed by atoms with Gasteiger partial charge in [-0.25, -0.2) is 9.97 Å². The van der Waals surface area contributed by atoms with Crippen LogP contribution in [0.1, 0.15) is 16.1 Å². The van der Waals surface area contributed by atoms with Crippen molar-refractivity contribution in [2.75, 3.05) is 37.5 Å². The molecule has 0 aliphatic rings. The second-order valence-corrected chi connectivity index (χ2v) is 5.83. The summed E-state index contributed by atoms with van der Waals surface area (Å²) >= 11 is 3.17. The second-order valence-electron chi connectivity index (χ2n) is 5.02. The number of para-hydroxylation sites is 1. The Hall–Kier alpha value is -2.23. The molecule has 0 atom stereocenters. The summed E-state index contributed by atoms with van der Waals surface area (Å²) in [6.07, 6.45) is 1.42. The summed E-state index contributed by atoms with van der Waals surface area (Å²) in [6, 6.07) is 5.39. The Balaban J connectivity index is 2.12. The van der Waals surface area contributed by atoms with Crippen molar-refractivity contribution in [3.05, 3.63) is 40.3 Å². The first kappa shape index (κ1) is 19.1. The van der Waals surface area contributed by atoms with Crippen molar-refractivity contribution >= 4 is 33.3 Å². The van der Waals surface area contributed by atoms with Gasteiger partial charge >= 0.3 is 0 Å². The predicted molar refractivity (Wildman–Crippen MR) is 96.7 cm³/mol. The molecule has 1 heterocycles. The molecule has 0 saturated carbocycles. The molecule has 2 aromatic rings. The van der Waals surface area contributed by atoms with Crippen LogP contribution < -0.4 is 15.8 Å². The monoisotopic (exact) mass is 410 g/mol. The first-order valence-corrected chi connectivity index (χ1v) is 8.32. The van der Waals surface area contributed by atoms with Crippen molar-refractivity contribution in [3.63, 3.8) is 0 Å². The molecule has 2 rings (SSSR count). The molecule has 4 N–H and O–H groups in total. The number of amides is 1. The highest BCUT2D eigenvalue weighted by Crippen LogP contribution is 2.29. The van der Waals surface area contributed by atoms with Gasteiger partial charge in [0.15, 0.2) is 11.5 Å². The number of nitrogens with one attached hydrogen (secondary N) is 1. The molecule has 0 fully saturated rings. The number of carbonyl (C=O) groups excluding carboxylic acids is 1. The number of anilines is 2. The zero-order valence-corrected chi connectivity index (χ0v) is 15.2. The molecule has 0 spiro atoms. The molecule has 0 radical (unpaired) electrons. The number of nitrogen functional groups attached to an aromatic ring is 1. The fourth-order valence-electron chi connectivity index (χ4n) is 2.04. The molecule has 0 bridgehead atoms. The van der Waals surface area contributed by atoms with E-state index in [0.717, 1.165) is 5.56 Å². The van der Waals surface area contributed by atoms with Gasteiger partial charge in [-0.1, -0.05) is 12.1 Å². The molecule has 25 heavy (non-hydrogen) atoms. The van der Waals surface area contributed by atoms with E-state index in [4.69, 9.17) is 20.3 Å². The van der Waals surface area contributed by atoms with Gasteiger partial charge < -0.3 is 25.6 Å². The minimum absolute atomic E-state index is 0.0214. The van der Waals surface area contributed by atoms with Crippen molar-refractivity contribution in [1.82, 2.24) is 9.97 Å². The fourth-order valence-corrected chi connectivity index (χ4v) is 2.32. The van der Waals surface area contributed by atoms with Gasteiger partial charge in [0.1, 0.15) is 17.0 Å². The number of benzene rings is 1. The number of ether oxygens (including phenoxy) is 2. The van der Waals surface area contributed by atoms with Gasteiger partial charge in [0.25, 0.3) is 5.91 Å². The van der Waals surface area contributed by atoms with Crippen LogP contribution in [-0.2, 0) is 4.74 Å². The van der Waals surface area contributed by atoms with Crippen molar-refractivity contribution in [3.8, 4) is 5.75 Å². The van der Waals surface area contributed by atoms with Crippen LogP contribution in [0.5, 0.6) is 5.75 Å². The van der Waals surface area contributed by atoms with Crippen molar-refractivity contribution < 1.29 is 19.4 Å². The summed E-state index contributed by atoms with van der Waals surface area (Å²) in [7, 11) is 0. The van der Waals surface area contributed by atoms with Crippen LogP contribution in [0.3, 0.4) is 0 Å². The third-order valence-electron chi connectivity index (χ3n) is 3.16.